The minimum atomic E-state index is 0.598. The quantitative estimate of drug-likeness (QED) is 0.753. The van der Waals surface area contributed by atoms with E-state index in [1.807, 2.05) is 10.8 Å². The Morgan fingerprint density at radius 2 is 2.50 bits per heavy atom. The van der Waals surface area contributed by atoms with Gasteiger partial charge in [0.1, 0.15) is 0 Å². The molecule has 0 fully saturated rings. The number of aromatic nitrogens is 2. The van der Waals surface area contributed by atoms with E-state index in [2.05, 4.69) is 20.9 Å². The van der Waals surface area contributed by atoms with Gasteiger partial charge in [0.2, 0.25) is 0 Å². The van der Waals surface area contributed by atoms with Crippen molar-refractivity contribution in [3.63, 3.8) is 0 Å². The van der Waals surface area contributed by atoms with Crippen molar-refractivity contribution in [1.29, 1.82) is 0 Å². The maximum atomic E-state index is 5.52. The first-order valence-electron chi connectivity index (χ1n) is 3.17. The van der Waals surface area contributed by atoms with Crippen LogP contribution in [-0.2, 0) is 6.54 Å². The lowest BCUT2D eigenvalue weighted by atomic mass is 10.5. The molecule has 0 saturated heterocycles. The normalized spacial score (nSPS) is 10.1. The Bertz CT molecular complexity index is 197. The molecule has 0 aliphatic carbocycles. The van der Waals surface area contributed by atoms with Crippen LogP contribution in [-0.4, -0.2) is 14.9 Å². The molecule has 3 nitrogen and oxygen atoms in total. The number of hydrogen-bond donors (Lipinski definition) is 1. The fraction of sp³-hybridized carbons (Fsp3) is 0.500. The number of imidazole rings is 1. The molecule has 0 atom stereocenters. The van der Waals surface area contributed by atoms with Crippen molar-refractivity contribution in [2.75, 3.05) is 11.1 Å². The predicted molar refractivity (Wildman–Crippen MR) is 45.1 cm³/mol. The van der Waals surface area contributed by atoms with Crippen LogP contribution in [0.5, 0.6) is 0 Å². The highest BCUT2D eigenvalue weighted by Gasteiger charge is 1.94. The molecule has 0 bridgehead atoms. The van der Waals surface area contributed by atoms with E-state index in [1.54, 1.807) is 6.20 Å². The van der Waals surface area contributed by atoms with Crippen LogP contribution >= 0.6 is 15.9 Å². The second-order valence-electron chi connectivity index (χ2n) is 2.02. The van der Waals surface area contributed by atoms with Crippen LogP contribution in [0.3, 0.4) is 0 Å². The number of rotatable bonds is 3. The van der Waals surface area contributed by atoms with Gasteiger partial charge in [0.05, 0.1) is 0 Å². The summed E-state index contributed by atoms with van der Waals surface area (Å²) in [7, 11) is 0. The lowest BCUT2D eigenvalue weighted by Crippen LogP contribution is -2.02. The van der Waals surface area contributed by atoms with E-state index in [9.17, 15) is 0 Å². The number of anilines is 1. The SMILES string of the molecule is Nc1nccn1CCCBr. The molecular weight excluding hydrogens is 194 g/mol. The average Bonchev–Trinajstić information content (AvgIpc) is 2.31. The molecule has 1 rings (SSSR count). The first-order chi connectivity index (χ1) is 4.84. The van der Waals surface area contributed by atoms with Gasteiger partial charge in [-0.25, -0.2) is 4.98 Å². The summed E-state index contributed by atoms with van der Waals surface area (Å²) in [4.78, 5) is 3.89. The van der Waals surface area contributed by atoms with E-state index in [1.165, 1.54) is 0 Å². The zero-order valence-electron chi connectivity index (χ0n) is 5.63. The fourth-order valence-corrected chi connectivity index (χ4v) is 1.01. The topological polar surface area (TPSA) is 43.8 Å². The van der Waals surface area contributed by atoms with Gasteiger partial charge >= 0.3 is 0 Å². The van der Waals surface area contributed by atoms with E-state index in [0.717, 1.165) is 18.3 Å². The van der Waals surface area contributed by atoms with Gasteiger partial charge in [-0.1, -0.05) is 15.9 Å². The summed E-state index contributed by atoms with van der Waals surface area (Å²) in [6.45, 7) is 0.942. The third-order valence-electron chi connectivity index (χ3n) is 1.28. The predicted octanol–water partition coefficient (Wildman–Crippen LogP) is 1.25. The summed E-state index contributed by atoms with van der Waals surface area (Å²) in [5.41, 5.74) is 5.52. The van der Waals surface area contributed by atoms with Crippen LogP contribution in [0.1, 0.15) is 6.42 Å². The highest BCUT2D eigenvalue weighted by molar-refractivity contribution is 9.09. The van der Waals surface area contributed by atoms with Gasteiger partial charge in [0.25, 0.3) is 0 Å². The molecule has 0 aliphatic rings. The number of hydrogen-bond acceptors (Lipinski definition) is 2. The third-order valence-corrected chi connectivity index (χ3v) is 1.84. The third kappa shape index (κ3) is 1.73. The van der Waals surface area contributed by atoms with Crippen LogP contribution in [0.4, 0.5) is 5.95 Å². The Kier molecular flexibility index (Phi) is 2.74. The van der Waals surface area contributed by atoms with Crippen molar-refractivity contribution in [2.45, 2.75) is 13.0 Å². The Hall–Kier alpha value is -0.510. The molecule has 1 aromatic rings. The number of nitrogens with two attached hydrogens (primary N) is 1. The number of halogens is 1. The molecule has 1 aromatic heterocycles. The van der Waals surface area contributed by atoms with Gasteiger partial charge in [0, 0.05) is 24.3 Å². The van der Waals surface area contributed by atoms with Gasteiger partial charge in [-0.3, -0.25) is 0 Å². The van der Waals surface area contributed by atoms with E-state index in [4.69, 9.17) is 5.73 Å². The van der Waals surface area contributed by atoms with Crippen molar-refractivity contribution < 1.29 is 0 Å². The van der Waals surface area contributed by atoms with Crippen molar-refractivity contribution in [2.24, 2.45) is 0 Å². The Morgan fingerprint density at radius 1 is 1.70 bits per heavy atom. The number of nitrogens with zero attached hydrogens (tertiary/aromatic N) is 2. The molecule has 56 valence electrons. The minimum Gasteiger partial charge on any atom is -0.369 e. The summed E-state index contributed by atoms with van der Waals surface area (Å²) >= 11 is 3.35. The Balaban J connectivity index is 2.49. The van der Waals surface area contributed by atoms with Crippen LogP contribution in [0.25, 0.3) is 0 Å². The summed E-state index contributed by atoms with van der Waals surface area (Å²) in [5.74, 6) is 0.598. The van der Waals surface area contributed by atoms with Crippen molar-refractivity contribution in [1.82, 2.24) is 9.55 Å². The van der Waals surface area contributed by atoms with Crippen LogP contribution in [0.2, 0.25) is 0 Å². The van der Waals surface area contributed by atoms with Gasteiger partial charge in [0.15, 0.2) is 5.95 Å². The lowest BCUT2D eigenvalue weighted by Gasteiger charge is -2.00. The Labute approximate surface area is 68.4 Å². The summed E-state index contributed by atoms with van der Waals surface area (Å²) in [6, 6.07) is 0. The van der Waals surface area contributed by atoms with Crippen molar-refractivity contribution in [3.05, 3.63) is 12.4 Å². The average molecular weight is 204 g/mol. The molecule has 0 aromatic carbocycles. The van der Waals surface area contributed by atoms with Crippen molar-refractivity contribution >= 4 is 21.9 Å². The van der Waals surface area contributed by atoms with E-state index < -0.39 is 0 Å². The van der Waals surface area contributed by atoms with Crippen LogP contribution < -0.4 is 5.73 Å². The second-order valence-corrected chi connectivity index (χ2v) is 2.81. The highest BCUT2D eigenvalue weighted by atomic mass is 79.9. The maximum Gasteiger partial charge on any atom is 0.200 e. The largest absolute Gasteiger partial charge is 0.369 e. The molecule has 0 aliphatic heterocycles. The monoisotopic (exact) mass is 203 g/mol. The molecule has 0 spiro atoms. The number of alkyl halides is 1. The molecule has 0 radical (unpaired) electrons. The second kappa shape index (κ2) is 3.61. The number of aryl methyl sites for hydroxylation is 1. The summed E-state index contributed by atoms with van der Waals surface area (Å²) in [5, 5.41) is 1.00. The van der Waals surface area contributed by atoms with E-state index >= 15 is 0 Å². The Morgan fingerprint density at radius 3 is 3.00 bits per heavy atom. The van der Waals surface area contributed by atoms with Gasteiger partial charge in [-0.2, -0.15) is 0 Å². The van der Waals surface area contributed by atoms with Gasteiger partial charge in [-0.15, -0.1) is 0 Å². The summed E-state index contributed by atoms with van der Waals surface area (Å²) in [6.07, 6.45) is 4.68. The highest BCUT2D eigenvalue weighted by Crippen LogP contribution is 2.00. The molecule has 2 N–H and O–H groups in total. The van der Waals surface area contributed by atoms with Gasteiger partial charge in [-0.05, 0) is 6.42 Å². The maximum absolute atomic E-state index is 5.52. The van der Waals surface area contributed by atoms with E-state index in [-0.39, 0.29) is 0 Å². The first-order valence-corrected chi connectivity index (χ1v) is 4.29. The van der Waals surface area contributed by atoms with Crippen LogP contribution in [0, 0.1) is 0 Å². The molecule has 0 amide bonds. The molecular formula is C6H10BrN3. The smallest absolute Gasteiger partial charge is 0.200 e. The number of nitrogen functional groups attached to an aromatic ring is 1. The zero-order valence-corrected chi connectivity index (χ0v) is 7.21. The zero-order chi connectivity index (χ0) is 7.40. The standard InChI is InChI=1S/C6H10BrN3/c7-2-1-4-10-5-3-9-6(10)8/h3,5H,1-2,4H2,(H2,8,9). The first kappa shape index (κ1) is 7.60. The molecule has 0 unspecified atom stereocenters. The lowest BCUT2D eigenvalue weighted by molar-refractivity contribution is 0.695. The molecule has 0 saturated carbocycles. The molecule has 4 heteroatoms. The summed E-state index contributed by atoms with van der Waals surface area (Å²) < 4.78 is 1.93. The van der Waals surface area contributed by atoms with Crippen molar-refractivity contribution in [3.8, 4) is 0 Å². The molecule has 10 heavy (non-hydrogen) atoms. The van der Waals surface area contributed by atoms with Crippen LogP contribution in [0.15, 0.2) is 12.4 Å². The minimum absolute atomic E-state index is 0.598. The fourth-order valence-electron chi connectivity index (χ4n) is 0.760. The van der Waals surface area contributed by atoms with E-state index in [0.29, 0.717) is 5.95 Å². The van der Waals surface area contributed by atoms with Gasteiger partial charge < -0.3 is 10.3 Å². The molecule has 1 heterocycles.